The van der Waals surface area contributed by atoms with Crippen molar-refractivity contribution in [2.45, 2.75) is 0 Å². The van der Waals surface area contributed by atoms with Crippen molar-refractivity contribution in [3.63, 3.8) is 0 Å². The summed E-state index contributed by atoms with van der Waals surface area (Å²) in [4.78, 5) is 18.0. The molecule has 26 heavy (non-hydrogen) atoms. The van der Waals surface area contributed by atoms with Crippen LogP contribution in [0.3, 0.4) is 0 Å². The molecule has 0 amide bonds. The first-order valence-electron chi connectivity index (χ1n) is 7.30. The molecular formula is C17H18IO7P. The van der Waals surface area contributed by atoms with Crippen LogP contribution in [0.15, 0.2) is 30.3 Å². The van der Waals surface area contributed by atoms with E-state index in [0.29, 0.717) is 17.1 Å². The van der Waals surface area contributed by atoms with E-state index < -0.39 is 7.82 Å². The minimum Gasteiger partial charge on any atom is -0.493 e. The van der Waals surface area contributed by atoms with Crippen LogP contribution in [0.1, 0.15) is 11.1 Å². The van der Waals surface area contributed by atoms with Gasteiger partial charge in [-0.25, -0.2) is 4.57 Å². The Kier molecular flexibility index (Phi) is 6.94. The van der Waals surface area contributed by atoms with Crippen molar-refractivity contribution >= 4 is 42.6 Å². The Labute approximate surface area is 164 Å². The van der Waals surface area contributed by atoms with E-state index in [4.69, 9.17) is 24.0 Å². The number of halogens is 1. The first-order chi connectivity index (χ1) is 12.3. The summed E-state index contributed by atoms with van der Waals surface area (Å²) in [6.45, 7) is 0. The van der Waals surface area contributed by atoms with E-state index in [1.54, 1.807) is 32.4 Å². The number of hydrogen-bond acceptors (Lipinski definition) is 5. The van der Waals surface area contributed by atoms with Gasteiger partial charge in [0.25, 0.3) is 0 Å². The second-order valence-corrected chi connectivity index (χ2v) is 7.39. The summed E-state index contributed by atoms with van der Waals surface area (Å²) in [5, 5.41) is 0. The number of ether oxygens (including phenoxy) is 3. The van der Waals surface area contributed by atoms with Crippen LogP contribution in [-0.4, -0.2) is 31.1 Å². The second kappa shape index (κ2) is 8.77. The Morgan fingerprint density at radius 3 is 2.08 bits per heavy atom. The molecule has 2 rings (SSSR count). The molecule has 0 aliphatic heterocycles. The lowest BCUT2D eigenvalue weighted by Crippen LogP contribution is -1.94. The van der Waals surface area contributed by atoms with E-state index in [2.05, 4.69) is 27.1 Å². The highest BCUT2D eigenvalue weighted by Crippen LogP contribution is 2.42. The highest BCUT2D eigenvalue weighted by Gasteiger charge is 2.19. The summed E-state index contributed by atoms with van der Waals surface area (Å²) in [6, 6.07) is 8.56. The van der Waals surface area contributed by atoms with E-state index in [-0.39, 0.29) is 11.5 Å². The molecule has 140 valence electrons. The molecule has 0 aliphatic rings. The Hall–Kier alpha value is -1.74. The van der Waals surface area contributed by atoms with Crippen molar-refractivity contribution in [2.24, 2.45) is 0 Å². The van der Waals surface area contributed by atoms with E-state index in [0.717, 1.165) is 9.13 Å². The molecule has 0 radical (unpaired) electrons. The van der Waals surface area contributed by atoms with Crippen LogP contribution in [0.5, 0.6) is 23.0 Å². The largest absolute Gasteiger partial charge is 0.524 e. The molecule has 2 aromatic rings. The predicted molar refractivity (Wildman–Crippen MR) is 107 cm³/mol. The topological polar surface area (TPSA) is 94.5 Å². The minimum atomic E-state index is -4.69. The minimum absolute atomic E-state index is 0.0372. The molecule has 0 aromatic heterocycles. The third-order valence-corrected chi connectivity index (χ3v) is 4.56. The molecular weight excluding hydrogens is 474 g/mol. The summed E-state index contributed by atoms with van der Waals surface area (Å²) >= 11 is 2.16. The zero-order valence-electron chi connectivity index (χ0n) is 14.3. The summed E-state index contributed by atoms with van der Waals surface area (Å²) < 4.78 is 32.4. The van der Waals surface area contributed by atoms with E-state index in [1.165, 1.54) is 13.2 Å². The second-order valence-electron chi connectivity index (χ2n) is 5.06. The van der Waals surface area contributed by atoms with Crippen LogP contribution in [0, 0.1) is 3.57 Å². The smallest absolute Gasteiger partial charge is 0.493 e. The molecule has 0 heterocycles. The van der Waals surface area contributed by atoms with Crippen LogP contribution in [0.4, 0.5) is 0 Å². The number of phosphoric ester groups is 1. The molecule has 0 saturated heterocycles. The monoisotopic (exact) mass is 492 g/mol. The molecule has 0 atom stereocenters. The lowest BCUT2D eigenvalue weighted by atomic mass is 10.1. The lowest BCUT2D eigenvalue weighted by molar-refractivity contribution is 0.276. The van der Waals surface area contributed by atoms with Gasteiger partial charge in [0.1, 0.15) is 0 Å². The average Bonchev–Trinajstić information content (AvgIpc) is 2.58. The third-order valence-electron chi connectivity index (χ3n) is 3.33. The number of hydrogen-bond donors (Lipinski definition) is 2. The van der Waals surface area contributed by atoms with E-state index in [9.17, 15) is 4.57 Å². The SMILES string of the molecule is COc1ccc(/C=C\c2cc(I)c(OC)c(OC)c2)cc1OP(=O)(O)O. The van der Waals surface area contributed by atoms with Gasteiger partial charge in [0.05, 0.1) is 24.9 Å². The normalized spacial score (nSPS) is 11.5. The van der Waals surface area contributed by atoms with E-state index in [1.807, 2.05) is 18.2 Å². The first-order valence-corrected chi connectivity index (χ1v) is 9.91. The van der Waals surface area contributed by atoms with Crippen molar-refractivity contribution in [1.82, 2.24) is 0 Å². The van der Waals surface area contributed by atoms with Gasteiger partial charge in [-0.05, 0) is 58.0 Å². The van der Waals surface area contributed by atoms with Gasteiger partial charge in [0.2, 0.25) is 0 Å². The zero-order valence-corrected chi connectivity index (χ0v) is 17.4. The van der Waals surface area contributed by atoms with Gasteiger partial charge >= 0.3 is 7.82 Å². The Morgan fingerprint density at radius 2 is 1.50 bits per heavy atom. The standard InChI is InChI=1S/C17H18IO7P/c1-22-14-7-6-11(9-15(14)25-26(19,20)21)4-5-12-8-13(18)17(24-3)16(10-12)23-2/h4-10H,1-3H3,(H2,19,20,21)/b5-4-. The molecule has 7 nitrogen and oxygen atoms in total. The number of benzene rings is 2. The van der Waals surface area contributed by atoms with Crippen molar-refractivity contribution in [1.29, 1.82) is 0 Å². The maximum atomic E-state index is 11.1. The van der Waals surface area contributed by atoms with Crippen LogP contribution in [0.25, 0.3) is 12.2 Å². The summed E-state index contributed by atoms with van der Waals surface area (Å²) in [7, 11) is -0.150. The van der Waals surface area contributed by atoms with Crippen LogP contribution >= 0.6 is 30.4 Å². The molecule has 0 bridgehead atoms. The highest BCUT2D eigenvalue weighted by molar-refractivity contribution is 14.1. The molecule has 0 spiro atoms. The van der Waals surface area contributed by atoms with Crippen molar-refractivity contribution < 1.29 is 33.1 Å². The summed E-state index contributed by atoms with van der Waals surface area (Å²) in [5.41, 5.74) is 1.55. The number of methoxy groups -OCH3 is 3. The van der Waals surface area contributed by atoms with Crippen LogP contribution in [0.2, 0.25) is 0 Å². The van der Waals surface area contributed by atoms with Crippen LogP contribution in [-0.2, 0) is 4.57 Å². The Morgan fingerprint density at radius 1 is 0.885 bits per heavy atom. The van der Waals surface area contributed by atoms with Gasteiger partial charge in [-0.2, -0.15) is 0 Å². The Bertz CT molecular complexity index is 860. The molecule has 0 fully saturated rings. The van der Waals surface area contributed by atoms with Gasteiger partial charge in [-0.1, -0.05) is 18.2 Å². The molecule has 0 unspecified atom stereocenters. The molecule has 2 aromatic carbocycles. The highest BCUT2D eigenvalue weighted by atomic mass is 127. The number of phosphoric acid groups is 1. The maximum absolute atomic E-state index is 11.1. The molecule has 0 aliphatic carbocycles. The quantitative estimate of drug-likeness (QED) is 0.344. The fourth-order valence-electron chi connectivity index (χ4n) is 2.22. The summed E-state index contributed by atoms with van der Waals surface area (Å²) in [6.07, 6.45) is 3.62. The zero-order chi connectivity index (χ0) is 19.3. The Balaban J connectivity index is 2.35. The van der Waals surface area contributed by atoms with Gasteiger partial charge in [0.15, 0.2) is 23.0 Å². The fourth-order valence-corrected chi connectivity index (χ4v) is 3.47. The summed E-state index contributed by atoms with van der Waals surface area (Å²) in [5.74, 6) is 1.46. The first kappa shape index (κ1) is 20.6. The van der Waals surface area contributed by atoms with Gasteiger partial charge < -0.3 is 18.7 Å². The molecule has 0 saturated carbocycles. The van der Waals surface area contributed by atoms with Crippen LogP contribution < -0.4 is 18.7 Å². The van der Waals surface area contributed by atoms with Gasteiger partial charge in [-0.15, -0.1) is 0 Å². The van der Waals surface area contributed by atoms with Crippen molar-refractivity contribution in [2.75, 3.05) is 21.3 Å². The predicted octanol–water partition coefficient (Wildman–Crippen LogP) is 3.96. The molecule has 2 N–H and O–H groups in total. The molecule has 9 heteroatoms. The van der Waals surface area contributed by atoms with Gasteiger partial charge in [-0.3, -0.25) is 9.79 Å². The fraction of sp³-hybridized carbons (Fsp3) is 0.176. The maximum Gasteiger partial charge on any atom is 0.524 e. The van der Waals surface area contributed by atoms with Gasteiger partial charge in [0, 0.05) is 0 Å². The third kappa shape index (κ3) is 5.38. The van der Waals surface area contributed by atoms with E-state index >= 15 is 0 Å². The average molecular weight is 492 g/mol. The number of rotatable bonds is 7. The lowest BCUT2D eigenvalue weighted by Gasteiger charge is -2.12. The van der Waals surface area contributed by atoms with Crippen molar-refractivity contribution in [3.8, 4) is 23.0 Å². The van der Waals surface area contributed by atoms with Crippen molar-refractivity contribution in [3.05, 3.63) is 45.0 Å².